The van der Waals surface area contributed by atoms with Gasteiger partial charge in [-0.25, -0.2) is 0 Å². The third-order valence-corrected chi connectivity index (χ3v) is 2.79. The second-order valence-corrected chi connectivity index (χ2v) is 4.40. The summed E-state index contributed by atoms with van der Waals surface area (Å²) in [5, 5.41) is 0. The molecule has 1 heteroatoms. The molecule has 0 aliphatic heterocycles. The van der Waals surface area contributed by atoms with Crippen LogP contribution in [0.1, 0.15) is 78.1 Å². The summed E-state index contributed by atoms with van der Waals surface area (Å²) in [7, 11) is 0. The molecule has 0 aromatic carbocycles. The topological polar surface area (TPSA) is 23.8 Å². The molecule has 0 heterocycles. The third-order valence-electron chi connectivity index (χ3n) is 2.79. The van der Waals surface area contributed by atoms with Crippen molar-refractivity contribution in [2.45, 2.75) is 84.1 Å². The summed E-state index contributed by atoms with van der Waals surface area (Å²) in [4.78, 5) is 0. The zero-order valence-corrected chi connectivity index (χ0v) is 10.1. The summed E-state index contributed by atoms with van der Waals surface area (Å²) >= 11 is 0. The molecule has 14 heavy (non-hydrogen) atoms. The molecule has 1 nitrogen and oxygen atoms in total. The van der Waals surface area contributed by atoms with Crippen LogP contribution in [0.5, 0.6) is 0 Å². The Balaban J connectivity index is 2.98. The molecule has 0 saturated heterocycles. The molecule has 1 unspecified atom stereocenters. The van der Waals surface area contributed by atoms with E-state index in [9.17, 15) is 0 Å². The molecule has 0 bridgehead atoms. The van der Waals surface area contributed by atoms with Crippen molar-refractivity contribution in [1.82, 2.24) is 5.73 Å². The van der Waals surface area contributed by atoms with Gasteiger partial charge in [0.25, 0.3) is 0 Å². The number of nitrogens with one attached hydrogen (secondary N) is 1. The van der Waals surface area contributed by atoms with Crippen LogP contribution in [0.2, 0.25) is 0 Å². The van der Waals surface area contributed by atoms with Gasteiger partial charge in [0, 0.05) is 6.04 Å². The number of hydrogen-bond acceptors (Lipinski definition) is 0. The molecule has 0 fully saturated rings. The molecule has 0 aromatic heterocycles. The number of rotatable bonds is 10. The molecule has 0 aliphatic rings. The summed E-state index contributed by atoms with van der Waals surface area (Å²) in [5.41, 5.74) is 7.72. The van der Waals surface area contributed by atoms with Gasteiger partial charge in [0.2, 0.25) is 0 Å². The summed E-state index contributed by atoms with van der Waals surface area (Å²) in [6.07, 6.45) is 13.0. The minimum atomic E-state index is 0.218. The van der Waals surface area contributed by atoms with Gasteiger partial charge in [0.05, 0.1) is 0 Å². The molecule has 0 rings (SSSR count). The van der Waals surface area contributed by atoms with Gasteiger partial charge in [0.15, 0.2) is 0 Å². The van der Waals surface area contributed by atoms with E-state index >= 15 is 0 Å². The summed E-state index contributed by atoms with van der Waals surface area (Å²) in [6.45, 7) is 4.43. The highest BCUT2D eigenvalue weighted by Crippen LogP contribution is 2.11. The van der Waals surface area contributed by atoms with Crippen LogP contribution in [0.3, 0.4) is 0 Å². The smallest absolute Gasteiger partial charge is 0.0212 e. The summed E-state index contributed by atoms with van der Waals surface area (Å²) in [6, 6.07) is 0.218. The lowest BCUT2D eigenvalue weighted by atomic mass is 10.0. The maximum atomic E-state index is 7.72. The van der Waals surface area contributed by atoms with Crippen molar-refractivity contribution in [2.24, 2.45) is 0 Å². The summed E-state index contributed by atoms with van der Waals surface area (Å²) < 4.78 is 0. The Bertz CT molecular complexity index is 101. The van der Waals surface area contributed by atoms with Crippen LogP contribution >= 0.6 is 0 Å². The van der Waals surface area contributed by atoms with Crippen molar-refractivity contribution in [1.29, 1.82) is 0 Å². The first-order chi connectivity index (χ1) is 6.81. The van der Waals surface area contributed by atoms with Crippen LogP contribution in [0.15, 0.2) is 0 Å². The highest BCUT2D eigenvalue weighted by atomic mass is 14.6. The Morgan fingerprint density at radius 1 is 0.714 bits per heavy atom. The lowest BCUT2D eigenvalue weighted by molar-refractivity contribution is 0.497. The fourth-order valence-corrected chi connectivity index (χ4v) is 1.84. The highest BCUT2D eigenvalue weighted by Gasteiger charge is 2.00. The van der Waals surface area contributed by atoms with E-state index in [-0.39, 0.29) is 6.04 Å². The van der Waals surface area contributed by atoms with E-state index < -0.39 is 0 Å². The molecule has 1 N–H and O–H groups in total. The Hall–Kier alpha value is -0.0400. The van der Waals surface area contributed by atoms with Gasteiger partial charge in [-0.2, -0.15) is 0 Å². The zero-order valence-electron chi connectivity index (χ0n) is 10.1. The van der Waals surface area contributed by atoms with E-state index in [0.29, 0.717) is 0 Å². The maximum Gasteiger partial charge on any atom is 0.0212 e. The largest absolute Gasteiger partial charge is 0.255 e. The van der Waals surface area contributed by atoms with Gasteiger partial charge < -0.3 is 0 Å². The van der Waals surface area contributed by atoms with E-state index in [0.717, 1.165) is 12.8 Å². The van der Waals surface area contributed by atoms with Crippen LogP contribution in [0.25, 0.3) is 0 Å². The van der Waals surface area contributed by atoms with Gasteiger partial charge in [-0.1, -0.05) is 65.2 Å². The fraction of sp³-hybridized carbons (Fsp3) is 1.00. The van der Waals surface area contributed by atoms with E-state index in [1.807, 2.05) is 0 Å². The minimum Gasteiger partial charge on any atom is -0.255 e. The van der Waals surface area contributed by atoms with E-state index in [1.165, 1.54) is 51.4 Å². The van der Waals surface area contributed by atoms with Crippen molar-refractivity contribution in [2.75, 3.05) is 0 Å². The van der Waals surface area contributed by atoms with Crippen molar-refractivity contribution in [3.8, 4) is 0 Å². The first kappa shape index (κ1) is 14.0. The third kappa shape index (κ3) is 10.0. The molecule has 0 aromatic rings. The van der Waals surface area contributed by atoms with Crippen LogP contribution < -0.4 is 5.73 Å². The quantitative estimate of drug-likeness (QED) is 0.459. The Labute approximate surface area is 90.5 Å². The molecule has 0 saturated carbocycles. The van der Waals surface area contributed by atoms with Crippen LogP contribution in [0, 0.1) is 0 Å². The second kappa shape index (κ2) is 11.0. The zero-order chi connectivity index (χ0) is 10.6. The van der Waals surface area contributed by atoms with E-state index in [4.69, 9.17) is 5.73 Å². The average Bonchev–Trinajstić information content (AvgIpc) is 2.17. The van der Waals surface area contributed by atoms with Gasteiger partial charge in [-0.15, -0.1) is 0 Å². The molecule has 85 valence electrons. The van der Waals surface area contributed by atoms with Crippen LogP contribution in [-0.4, -0.2) is 6.04 Å². The number of hydrogen-bond donors (Lipinski definition) is 0. The van der Waals surface area contributed by atoms with Crippen molar-refractivity contribution in [3.05, 3.63) is 0 Å². The Morgan fingerprint density at radius 3 is 1.86 bits per heavy atom. The van der Waals surface area contributed by atoms with Gasteiger partial charge >= 0.3 is 0 Å². The normalized spacial score (nSPS) is 13.1. The predicted molar refractivity (Wildman–Crippen MR) is 64.4 cm³/mol. The minimum absolute atomic E-state index is 0.218. The molecular formula is C13H28N. The molecule has 0 aliphatic carbocycles. The molecule has 0 spiro atoms. The number of unbranched alkanes of at least 4 members (excludes halogenated alkanes) is 6. The summed E-state index contributed by atoms with van der Waals surface area (Å²) in [5.74, 6) is 0. The molecule has 0 amide bonds. The van der Waals surface area contributed by atoms with Crippen molar-refractivity contribution in [3.63, 3.8) is 0 Å². The fourth-order valence-electron chi connectivity index (χ4n) is 1.84. The highest BCUT2D eigenvalue weighted by molar-refractivity contribution is 4.59. The van der Waals surface area contributed by atoms with Gasteiger partial charge in [-0.3, -0.25) is 5.73 Å². The lowest BCUT2D eigenvalue weighted by Crippen LogP contribution is -2.07. The van der Waals surface area contributed by atoms with Gasteiger partial charge in [0.1, 0.15) is 0 Å². The first-order valence-corrected chi connectivity index (χ1v) is 6.52. The standard InChI is InChI=1S/C13H28N/c1-3-5-6-7-8-9-10-12-13(14)11-4-2/h13-14H,3-12H2,1-2H3. The SMILES string of the molecule is CCCCCCCCCC([NH])CCC. The lowest BCUT2D eigenvalue weighted by Gasteiger charge is -2.08. The van der Waals surface area contributed by atoms with Crippen LogP contribution in [-0.2, 0) is 0 Å². The average molecular weight is 198 g/mol. The van der Waals surface area contributed by atoms with Crippen molar-refractivity contribution < 1.29 is 0 Å². The Morgan fingerprint density at radius 2 is 1.29 bits per heavy atom. The van der Waals surface area contributed by atoms with Crippen molar-refractivity contribution >= 4 is 0 Å². The van der Waals surface area contributed by atoms with Crippen LogP contribution in [0.4, 0.5) is 0 Å². The molecular weight excluding hydrogens is 170 g/mol. The van der Waals surface area contributed by atoms with E-state index in [2.05, 4.69) is 13.8 Å². The maximum absolute atomic E-state index is 7.72. The monoisotopic (exact) mass is 198 g/mol. The molecule has 1 radical (unpaired) electrons. The Kier molecular flexibility index (Phi) is 11.0. The second-order valence-electron chi connectivity index (χ2n) is 4.40. The molecule has 1 atom stereocenters. The predicted octanol–water partition coefficient (Wildman–Crippen LogP) is 4.58. The van der Waals surface area contributed by atoms with E-state index in [1.54, 1.807) is 0 Å². The first-order valence-electron chi connectivity index (χ1n) is 6.52. The van der Waals surface area contributed by atoms with Gasteiger partial charge in [-0.05, 0) is 12.8 Å².